The van der Waals surface area contributed by atoms with E-state index in [0.29, 0.717) is 19.8 Å². The van der Waals surface area contributed by atoms with Crippen LogP contribution in [-0.4, -0.2) is 99.2 Å². The van der Waals surface area contributed by atoms with Gasteiger partial charge in [0.2, 0.25) is 0 Å². The Hall–Kier alpha value is 1.14. The van der Waals surface area contributed by atoms with Gasteiger partial charge in [0.15, 0.2) is 0 Å². The van der Waals surface area contributed by atoms with Gasteiger partial charge in [-0.15, -0.1) is 0 Å². The Labute approximate surface area is 202 Å². The van der Waals surface area contributed by atoms with Crippen molar-refractivity contribution in [2.45, 2.75) is 67.5 Å². The van der Waals surface area contributed by atoms with Crippen LogP contribution in [0.25, 0.3) is 0 Å². The molecular weight excluding hydrogens is 610 g/mol. The topological polar surface area (TPSA) is 107 Å². The molecule has 8 nitrogen and oxygen atoms in total. The third kappa shape index (κ3) is 17.4. The van der Waals surface area contributed by atoms with Crippen LogP contribution >= 0.6 is 37.2 Å². The van der Waals surface area contributed by atoms with Crippen molar-refractivity contribution in [3.05, 3.63) is 0 Å². The molecule has 0 saturated carbocycles. The van der Waals surface area contributed by atoms with Crippen molar-refractivity contribution in [2.75, 3.05) is 59.5 Å². The van der Waals surface area contributed by atoms with Crippen molar-refractivity contribution in [1.82, 2.24) is 0 Å². The van der Waals surface area contributed by atoms with Crippen molar-refractivity contribution in [2.24, 2.45) is 0 Å². The number of aliphatic hydroxyl groups excluding tert-OH is 3. The molecule has 1 rings (SSSR count). The number of rotatable bonds is 14. The van der Waals surface area contributed by atoms with Crippen LogP contribution in [0.1, 0.15) is 43.1 Å². The van der Waals surface area contributed by atoms with Crippen LogP contribution in [0, 0.1) is 0 Å². The van der Waals surface area contributed by atoms with Crippen LogP contribution in [0.3, 0.4) is 0 Å². The van der Waals surface area contributed by atoms with Crippen molar-refractivity contribution < 1.29 is 39.0 Å². The Balaban J connectivity index is -0.000000310. The fourth-order valence-corrected chi connectivity index (χ4v) is 2.45. The molecule has 1 saturated heterocycles. The van der Waals surface area contributed by atoms with Gasteiger partial charge in [-0.05, 0) is 6.42 Å². The minimum absolute atomic E-state index is 0. The molecule has 1 fully saturated rings. The van der Waals surface area contributed by atoms with Crippen LogP contribution in [-0.2, 0) is 23.7 Å². The van der Waals surface area contributed by atoms with E-state index in [2.05, 4.69) is 37.2 Å². The Morgan fingerprint density at radius 1 is 0.897 bits per heavy atom. The average molecular weight is 656 g/mol. The quantitative estimate of drug-likeness (QED) is 0.194. The average Bonchev–Trinajstić information content (AvgIpc) is 3.05. The second kappa shape index (κ2) is 29.1. The van der Waals surface area contributed by atoms with Gasteiger partial charge in [-0.2, -0.15) is 0 Å². The summed E-state index contributed by atoms with van der Waals surface area (Å²) < 4.78 is 28.2. The minimum Gasteiger partial charge on any atom is -0.394 e. The first-order valence-corrected chi connectivity index (χ1v) is 14.6. The molecule has 184 valence electrons. The van der Waals surface area contributed by atoms with Gasteiger partial charge in [-0.25, -0.2) is 0 Å². The Bertz CT molecular complexity index is 291. The molecule has 0 aliphatic carbocycles. The number of aliphatic hydroxyl groups is 3. The highest BCUT2D eigenvalue weighted by molar-refractivity contribution is 15.0. The second-order valence-electron chi connectivity index (χ2n) is 5.20. The van der Waals surface area contributed by atoms with Gasteiger partial charge in [-0.3, -0.25) is 0 Å². The summed E-state index contributed by atoms with van der Waals surface area (Å²) in [5.41, 5.74) is 0. The van der Waals surface area contributed by atoms with Crippen LogP contribution in [0.2, 0.25) is 0 Å². The Morgan fingerprint density at radius 2 is 1.45 bits per heavy atom. The highest BCUT2D eigenvalue weighted by atomic mass is 128. The van der Waals surface area contributed by atoms with Crippen molar-refractivity contribution >= 4 is 37.2 Å². The molecule has 1 aliphatic rings. The summed E-state index contributed by atoms with van der Waals surface area (Å²) >= 11 is 4.24. The van der Waals surface area contributed by atoms with Gasteiger partial charge in [0.1, 0.15) is 24.4 Å². The summed E-state index contributed by atoms with van der Waals surface area (Å²) in [5, 5.41) is 26.9. The first-order chi connectivity index (χ1) is 12.3. The number of halogens is 2. The molecule has 4 atom stereocenters. The molecule has 0 aromatic rings. The van der Waals surface area contributed by atoms with Crippen LogP contribution in [0.5, 0.6) is 0 Å². The van der Waals surface area contributed by atoms with Gasteiger partial charge < -0.3 is 39.0 Å². The maximum Gasteiger partial charge on any atom is 0.115 e. The standard InChI is InChI=1S/C15H30O8.4CH4.I2/c1-2-6-19-10-12(20-7-3-16)15-14(22-9-5-18)13(11-23-15)21-8-4-17;;;;;1-2/h12-18H,2-11H2,1H3;4*1H4;. The molecule has 3 N–H and O–H groups in total. The van der Waals surface area contributed by atoms with Crippen molar-refractivity contribution in [3.8, 4) is 0 Å². The molecule has 1 heterocycles. The predicted octanol–water partition coefficient (Wildman–Crippen LogP) is 3.26. The SMILES string of the molecule is C.C.C.C.CCCOCC(OCCO)C1OCC(OCCO)C1OCCO.II. The Kier molecular flexibility index (Phi) is 40.7. The highest BCUT2D eigenvalue weighted by Gasteiger charge is 2.43. The fourth-order valence-electron chi connectivity index (χ4n) is 2.45. The van der Waals surface area contributed by atoms with E-state index in [1.165, 1.54) is 0 Å². The molecule has 29 heavy (non-hydrogen) atoms. The summed E-state index contributed by atoms with van der Waals surface area (Å²) in [6, 6.07) is 0. The molecule has 0 aromatic heterocycles. The molecule has 1 aliphatic heterocycles. The van der Waals surface area contributed by atoms with Crippen LogP contribution in [0.15, 0.2) is 0 Å². The lowest BCUT2D eigenvalue weighted by atomic mass is 10.1. The first kappa shape index (κ1) is 40.5. The smallest absolute Gasteiger partial charge is 0.115 e. The minimum atomic E-state index is -0.428. The monoisotopic (exact) mass is 656 g/mol. The van der Waals surface area contributed by atoms with E-state index in [1.807, 2.05) is 6.92 Å². The zero-order valence-corrected chi connectivity index (χ0v) is 18.8. The van der Waals surface area contributed by atoms with E-state index >= 15 is 0 Å². The van der Waals surface area contributed by atoms with Gasteiger partial charge >= 0.3 is 0 Å². The predicted molar refractivity (Wildman–Crippen MR) is 136 cm³/mol. The zero-order chi connectivity index (χ0) is 18.9. The normalized spacial score (nSPS) is 20.7. The summed E-state index contributed by atoms with van der Waals surface area (Å²) in [6.45, 7) is 3.50. The van der Waals surface area contributed by atoms with Gasteiger partial charge in [0.25, 0.3) is 0 Å². The second-order valence-corrected chi connectivity index (χ2v) is 5.20. The van der Waals surface area contributed by atoms with Crippen molar-refractivity contribution in [1.29, 1.82) is 0 Å². The van der Waals surface area contributed by atoms with E-state index in [9.17, 15) is 0 Å². The molecule has 0 spiro atoms. The zero-order valence-electron chi connectivity index (χ0n) is 14.5. The molecule has 0 bridgehead atoms. The number of hydrogen-bond donors (Lipinski definition) is 3. The third-order valence-electron chi connectivity index (χ3n) is 3.39. The van der Waals surface area contributed by atoms with E-state index in [1.54, 1.807) is 0 Å². The molecule has 0 amide bonds. The van der Waals surface area contributed by atoms with Crippen LogP contribution in [0.4, 0.5) is 0 Å². The van der Waals surface area contributed by atoms with Gasteiger partial charge in [0, 0.05) is 43.8 Å². The fraction of sp³-hybridized carbons (Fsp3) is 1.00. The maximum atomic E-state index is 8.99. The van der Waals surface area contributed by atoms with Crippen LogP contribution < -0.4 is 0 Å². The maximum absolute atomic E-state index is 8.99. The number of ether oxygens (including phenoxy) is 5. The molecule has 4 unspecified atom stereocenters. The largest absolute Gasteiger partial charge is 0.394 e. The molecule has 10 heteroatoms. The van der Waals surface area contributed by atoms with Gasteiger partial charge in [-0.1, -0.05) is 36.6 Å². The summed E-state index contributed by atoms with van der Waals surface area (Å²) in [5.74, 6) is 0. The Morgan fingerprint density at radius 3 is 1.97 bits per heavy atom. The lowest BCUT2D eigenvalue weighted by Gasteiger charge is -2.29. The van der Waals surface area contributed by atoms with Gasteiger partial charge in [0.05, 0.1) is 52.9 Å². The van der Waals surface area contributed by atoms with E-state index < -0.39 is 18.3 Å². The lowest BCUT2D eigenvalue weighted by Crippen LogP contribution is -2.45. The van der Waals surface area contributed by atoms with E-state index in [0.717, 1.165) is 6.42 Å². The molecule has 0 aromatic carbocycles. The number of hydrogen-bond acceptors (Lipinski definition) is 8. The summed E-state index contributed by atoms with van der Waals surface area (Å²) in [4.78, 5) is 0. The third-order valence-corrected chi connectivity index (χ3v) is 3.39. The highest BCUT2D eigenvalue weighted by Crippen LogP contribution is 2.25. The van der Waals surface area contributed by atoms with E-state index in [-0.39, 0.29) is 75.5 Å². The van der Waals surface area contributed by atoms with Crippen molar-refractivity contribution in [3.63, 3.8) is 0 Å². The molecular formula is C19H46I2O8. The first-order valence-electron chi connectivity index (χ1n) is 8.29. The summed E-state index contributed by atoms with van der Waals surface area (Å²) in [6.07, 6.45) is -0.702. The molecule has 0 radical (unpaired) electrons. The summed E-state index contributed by atoms with van der Waals surface area (Å²) in [7, 11) is 0. The lowest BCUT2D eigenvalue weighted by molar-refractivity contribution is -0.134. The van der Waals surface area contributed by atoms with E-state index in [4.69, 9.17) is 39.0 Å².